The standard InChI is InChI=1S/C13H26N2/c1-2-15(13-7-8-13)10-12-6-4-3-5-11(12)9-14/h11-13H,2-10,14H2,1H3. The predicted octanol–water partition coefficient (Wildman–Crippen LogP) is 2.24. The fourth-order valence-electron chi connectivity index (χ4n) is 3.11. The summed E-state index contributed by atoms with van der Waals surface area (Å²) in [6.45, 7) is 5.77. The summed E-state index contributed by atoms with van der Waals surface area (Å²) in [5, 5.41) is 0. The van der Waals surface area contributed by atoms with Gasteiger partial charge in [0.1, 0.15) is 0 Å². The number of hydrogen-bond acceptors (Lipinski definition) is 2. The first-order chi connectivity index (χ1) is 7.35. The summed E-state index contributed by atoms with van der Waals surface area (Å²) < 4.78 is 0. The minimum absolute atomic E-state index is 0.812. The van der Waals surface area contributed by atoms with E-state index in [9.17, 15) is 0 Å². The molecule has 0 aliphatic heterocycles. The van der Waals surface area contributed by atoms with Crippen LogP contribution < -0.4 is 5.73 Å². The first-order valence-electron chi connectivity index (χ1n) is 6.79. The lowest BCUT2D eigenvalue weighted by Crippen LogP contribution is -2.38. The summed E-state index contributed by atoms with van der Waals surface area (Å²) in [6.07, 6.45) is 8.52. The Kier molecular flexibility index (Phi) is 4.04. The van der Waals surface area contributed by atoms with Crippen LogP contribution in [0.1, 0.15) is 45.4 Å². The summed E-state index contributed by atoms with van der Waals surface area (Å²) in [7, 11) is 0. The van der Waals surface area contributed by atoms with Gasteiger partial charge in [0.15, 0.2) is 0 Å². The lowest BCUT2D eigenvalue weighted by atomic mass is 9.79. The Hall–Kier alpha value is -0.0800. The van der Waals surface area contributed by atoms with Crippen molar-refractivity contribution in [2.45, 2.75) is 51.5 Å². The van der Waals surface area contributed by atoms with E-state index >= 15 is 0 Å². The summed E-state index contributed by atoms with van der Waals surface area (Å²) in [5.74, 6) is 1.70. The second kappa shape index (κ2) is 5.31. The van der Waals surface area contributed by atoms with Crippen LogP contribution in [-0.2, 0) is 0 Å². The SMILES string of the molecule is CCN(CC1CCCCC1CN)C1CC1. The first kappa shape index (κ1) is 11.4. The number of hydrogen-bond donors (Lipinski definition) is 1. The summed E-state index contributed by atoms with van der Waals surface area (Å²) in [6, 6.07) is 0.926. The molecule has 88 valence electrons. The van der Waals surface area contributed by atoms with Crippen molar-refractivity contribution in [3.8, 4) is 0 Å². The van der Waals surface area contributed by atoms with Crippen molar-refractivity contribution in [2.75, 3.05) is 19.6 Å². The molecule has 2 nitrogen and oxygen atoms in total. The molecule has 2 unspecified atom stereocenters. The molecule has 0 aromatic heterocycles. The van der Waals surface area contributed by atoms with Crippen molar-refractivity contribution >= 4 is 0 Å². The fraction of sp³-hybridized carbons (Fsp3) is 1.00. The molecule has 2 saturated carbocycles. The zero-order valence-electron chi connectivity index (χ0n) is 10.1. The Morgan fingerprint density at radius 3 is 2.27 bits per heavy atom. The third-order valence-corrected chi connectivity index (χ3v) is 4.31. The van der Waals surface area contributed by atoms with Gasteiger partial charge in [0.2, 0.25) is 0 Å². The Labute approximate surface area is 94.2 Å². The van der Waals surface area contributed by atoms with Gasteiger partial charge in [-0.15, -0.1) is 0 Å². The quantitative estimate of drug-likeness (QED) is 0.754. The number of rotatable bonds is 5. The van der Waals surface area contributed by atoms with Crippen LogP contribution in [0.15, 0.2) is 0 Å². The van der Waals surface area contributed by atoms with Gasteiger partial charge in [-0.05, 0) is 50.6 Å². The highest BCUT2D eigenvalue weighted by molar-refractivity contribution is 4.87. The maximum Gasteiger partial charge on any atom is 0.00964 e. The van der Waals surface area contributed by atoms with Gasteiger partial charge in [0.25, 0.3) is 0 Å². The minimum atomic E-state index is 0.812. The van der Waals surface area contributed by atoms with Crippen LogP contribution in [0, 0.1) is 11.8 Å². The highest BCUT2D eigenvalue weighted by Gasteiger charge is 2.32. The van der Waals surface area contributed by atoms with Crippen molar-refractivity contribution in [2.24, 2.45) is 17.6 Å². The molecule has 2 rings (SSSR count). The Balaban J connectivity index is 1.84. The van der Waals surface area contributed by atoms with E-state index in [1.165, 1.54) is 51.6 Å². The second-order valence-electron chi connectivity index (χ2n) is 5.36. The molecule has 0 aromatic rings. The smallest absolute Gasteiger partial charge is 0.00964 e. The summed E-state index contributed by atoms with van der Waals surface area (Å²) in [5.41, 5.74) is 5.88. The maximum atomic E-state index is 5.88. The Bertz CT molecular complexity index is 189. The van der Waals surface area contributed by atoms with Gasteiger partial charge in [-0.25, -0.2) is 0 Å². The van der Waals surface area contributed by atoms with E-state index in [1.54, 1.807) is 0 Å². The van der Waals surface area contributed by atoms with Gasteiger partial charge in [0, 0.05) is 12.6 Å². The van der Waals surface area contributed by atoms with Gasteiger partial charge in [0.05, 0.1) is 0 Å². The zero-order valence-corrected chi connectivity index (χ0v) is 10.1. The van der Waals surface area contributed by atoms with E-state index in [4.69, 9.17) is 5.73 Å². The van der Waals surface area contributed by atoms with Crippen molar-refractivity contribution in [3.63, 3.8) is 0 Å². The van der Waals surface area contributed by atoms with Crippen molar-refractivity contribution in [1.82, 2.24) is 4.90 Å². The molecule has 15 heavy (non-hydrogen) atoms. The third-order valence-electron chi connectivity index (χ3n) is 4.31. The van der Waals surface area contributed by atoms with Crippen LogP contribution in [0.25, 0.3) is 0 Å². The highest BCUT2D eigenvalue weighted by atomic mass is 15.2. The Morgan fingerprint density at radius 2 is 1.73 bits per heavy atom. The van der Waals surface area contributed by atoms with Crippen LogP contribution in [-0.4, -0.2) is 30.6 Å². The number of nitrogens with zero attached hydrogens (tertiary/aromatic N) is 1. The minimum Gasteiger partial charge on any atom is -0.330 e. The van der Waals surface area contributed by atoms with E-state index < -0.39 is 0 Å². The largest absolute Gasteiger partial charge is 0.330 e. The zero-order chi connectivity index (χ0) is 10.7. The van der Waals surface area contributed by atoms with Crippen LogP contribution in [0.4, 0.5) is 0 Å². The predicted molar refractivity (Wildman–Crippen MR) is 64.8 cm³/mol. The van der Waals surface area contributed by atoms with Gasteiger partial charge in [-0.3, -0.25) is 0 Å². The molecule has 2 N–H and O–H groups in total. The molecule has 0 aromatic carbocycles. The molecular formula is C13H26N2. The molecule has 2 atom stereocenters. The average Bonchev–Trinajstić information content (AvgIpc) is 3.10. The lowest BCUT2D eigenvalue weighted by molar-refractivity contribution is 0.153. The average molecular weight is 210 g/mol. The maximum absolute atomic E-state index is 5.88. The lowest BCUT2D eigenvalue weighted by Gasteiger charge is -2.34. The van der Waals surface area contributed by atoms with E-state index in [0.717, 1.165) is 24.4 Å². The molecule has 2 aliphatic carbocycles. The van der Waals surface area contributed by atoms with Gasteiger partial charge < -0.3 is 10.6 Å². The van der Waals surface area contributed by atoms with E-state index in [0.29, 0.717) is 0 Å². The highest BCUT2D eigenvalue weighted by Crippen LogP contribution is 2.33. The van der Waals surface area contributed by atoms with Crippen LogP contribution >= 0.6 is 0 Å². The summed E-state index contributed by atoms with van der Waals surface area (Å²) >= 11 is 0. The van der Waals surface area contributed by atoms with E-state index in [2.05, 4.69) is 11.8 Å². The second-order valence-corrected chi connectivity index (χ2v) is 5.36. The van der Waals surface area contributed by atoms with Crippen LogP contribution in [0.2, 0.25) is 0 Å². The molecule has 0 amide bonds. The van der Waals surface area contributed by atoms with Crippen molar-refractivity contribution < 1.29 is 0 Å². The molecule has 0 spiro atoms. The van der Waals surface area contributed by atoms with Gasteiger partial charge in [-0.1, -0.05) is 19.8 Å². The van der Waals surface area contributed by atoms with Gasteiger partial charge in [-0.2, -0.15) is 0 Å². The van der Waals surface area contributed by atoms with E-state index in [1.807, 2.05) is 0 Å². The summed E-state index contributed by atoms with van der Waals surface area (Å²) in [4.78, 5) is 2.69. The number of nitrogens with two attached hydrogens (primary N) is 1. The molecule has 2 heteroatoms. The topological polar surface area (TPSA) is 29.3 Å². The molecule has 0 radical (unpaired) electrons. The molecule has 2 aliphatic rings. The fourth-order valence-corrected chi connectivity index (χ4v) is 3.11. The Morgan fingerprint density at radius 1 is 1.07 bits per heavy atom. The molecule has 0 bridgehead atoms. The van der Waals surface area contributed by atoms with Gasteiger partial charge >= 0.3 is 0 Å². The van der Waals surface area contributed by atoms with Crippen LogP contribution in [0.5, 0.6) is 0 Å². The monoisotopic (exact) mass is 210 g/mol. The molecule has 0 saturated heterocycles. The van der Waals surface area contributed by atoms with Crippen molar-refractivity contribution in [3.05, 3.63) is 0 Å². The molecule has 0 heterocycles. The normalized spacial score (nSPS) is 32.2. The molecule has 2 fully saturated rings. The van der Waals surface area contributed by atoms with E-state index in [-0.39, 0.29) is 0 Å². The molecular weight excluding hydrogens is 184 g/mol. The third kappa shape index (κ3) is 2.94. The van der Waals surface area contributed by atoms with Crippen molar-refractivity contribution in [1.29, 1.82) is 0 Å². The first-order valence-corrected chi connectivity index (χ1v) is 6.79. The van der Waals surface area contributed by atoms with Crippen LogP contribution in [0.3, 0.4) is 0 Å².